The van der Waals surface area contributed by atoms with E-state index in [-0.39, 0.29) is 0 Å². The summed E-state index contributed by atoms with van der Waals surface area (Å²) < 4.78 is 0. The van der Waals surface area contributed by atoms with Gasteiger partial charge in [0.2, 0.25) is 0 Å². The average molecular weight is 188 g/mol. The molecule has 0 radical (unpaired) electrons. The van der Waals surface area contributed by atoms with Crippen molar-refractivity contribution in [2.24, 2.45) is 5.92 Å². The minimum Gasteiger partial charge on any atom is -0.299 e. The van der Waals surface area contributed by atoms with Gasteiger partial charge >= 0.3 is 0 Å². The molecule has 3 rings (SSSR count). The first-order valence-corrected chi connectivity index (χ1v) is 5.49. The Morgan fingerprint density at radius 2 is 2.36 bits per heavy atom. The first-order valence-electron chi connectivity index (χ1n) is 5.49. The molecular weight excluding hydrogens is 172 g/mol. The van der Waals surface area contributed by atoms with Gasteiger partial charge in [-0.25, -0.2) is 0 Å². The van der Waals surface area contributed by atoms with Crippen LogP contribution in [0.3, 0.4) is 0 Å². The third kappa shape index (κ3) is 1.10. The second-order valence-electron chi connectivity index (χ2n) is 4.59. The van der Waals surface area contributed by atoms with Crippen LogP contribution >= 0.6 is 0 Å². The standard InChI is InChI=1S/C12H16N2/c1-14-7-5-9-2-3-10-8-13-6-4-11(10)12(9)14/h4,6,8-9,12H,2-3,5,7H2,1H3/t9-,12+/m0/s1. The number of hydrogen-bond acceptors (Lipinski definition) is 2. The number of aryl methyl sites for hydroxylation is 1. The topological polar surface area (TPSA) is 16.1 Å². The largest absolute Gasteiger partial charge is 0.299 e. The second kappa shape index (κ2) is 3.06. The van der Waals surface area contributed by atoms with Crippen LogP contribution in [0.5, 0.6) is 0 Å². The summed E-state index contributed by atoms with van der Waals surface area (Å²) in [7, 11) is 2.25. The lowest BCUT2D eigenvalue weighted by Crippen LogP contribution is -2.25. The monoisotopic (exact) mass is 188 g/mol. The number of rotatable bonds is 0. The lowest BCUT2D eigenvalue weighted by Gasteiger charge is -2.31. The zero-order valence-electron chi connectivity index (χ0n) is 8.61. The van der Waals surface area contributed by atoms with Crippen molar-refractivity contribution in [3.05, 3.63) is 29.6 Å². The molecule has 1 aromatic rings. The van der Waals surface area contributed by atoms with E-state index < -0.39 is 0 Å². The SMILES string of the molecule is CN1CC[C@@H]2CCc3cnccc3[C@@H]21. The summed E-state index contributed by atoms with van der Waals surface area (Å²) in [5.41, 5.74) is 3.01. The zero-order valence-corrected chi connectivity index (χ0v) is 8.61. The molecule has 2 aliphatic rings. The van der Waals surface area contributed by atoms with Crippen molar-refractivity contribution in [3.63, 3.8) is 0 Å². The highest BCUT2D eigenvalue weighted by molar-refractivity contribution is 5.31. The Hall–Kier alpha value is -0.890. The molecule has 2 heterocycles. The van der Waals surface area contributed by atoms with Gasteiger partial charge in [-0.1, -0.05) is 0 Å². The third-order valence-corrected chi connectivity index (χ3v) is 3.82. The smallest absolute Gasteiger partial charge is 0.0377 e. The quantitative estimate of drug-likeness (QED) is 0.619. The van der Waals surface area contributed by atoms with Crippen molar-refractivity contribution in [1.82, 2.24) is 9.88 Å². The summed E-state index contributed by atoms with van der Waals surface area (Å²) in [5.74, 6) is 0.898. The Balaban J connectivity index is 2.07. The molecule has 1 saturated heterocycles. The number of likely N-dealkylation sites (tertiary alicyclic amines) is 1. The maximum absolute atomic E-state index is 4.22. The van der Waals surface area contributed by atoms with Crippen molar-refractivity contribution >= 4 is 0 Å². The molecule has 74 valence electrons. The van der Waals surface area contributed by atoms with E-state index in [1.165, 1.54) is 36.9 Å². The van der Waals surface area contributed by atoms with Crippen LogP contribution in [0.4, 0.5) is 0 Å². The van der Waals surface area contributed by atoms with Crippen molar-refractivity contribution in [1.29, 1.82) is 0 Å². The molecule has 0 amide bonds. The molecule has 2 atom stereocenters. The Kier molecular flexibility index (Phi) is 1.84. The Morgan fingerprint density at radius 3 is 3.29 bits per heavy atom. The molecule has 1 aliphatic heterocycles. The second-order valence-corrected chi connectivity index (χ2v) is 4.59. The summed E-state index contributed by atoms with van der Waals surface area (Å²) in [6.45, 7) is 1.26. The van der Waals surface area contributed by atoms with Crippen LogP contribution in [0.1, 0.15) is 30.0 Å². The summed E-state index contributed by atoms with van der Waals surface area (Å²) in [5, 5.41) is 0. The molecular formula is C12H16N2. The van der Waals surface area contributed by atoms with Gasteiger partial charge in [0, 0.05) is 18.4 Å². The molecule has 1 aromatic heterocycles. The van der Waals surface area contributed by atoms with E-state index >= 15 is 0 Å². The van der Waals surface area contributed by atoms with Gasteiger partial charge in [0.25, 0.3) is 0 Å². The normalized spacial score (nSPS) is 31.2. The Bertz CT molecular complexity index is 348. The van der Waals surface area contributed by atoms with Crippen LogP contribution < -0.4 is 0 Å². The van der Waals surface area contributed by atoms with Crippen LogP contribution in [0.25, 0.3) is 0 Å². The lowest BCUT2D eigenvalue weighted by atomic mass is 9.81. The van der Waals surface area contributed by atoms with Gasteiger partial charge in [0.15, 0.2) is 0 Å². The molecule has 0 aromatic carbocycles. The molecule has 0 spiro atoms. The van der Waals surface area contributed by atoms with Crippen LogP contribution in [-0.2, 0) is 6.42 Å². The minimum absolute atomic E-state index is 0.682. The molecule has 1 fully saturated rings. The average Bonchev–Trinajstić information content (AvgIpc) is 2.61. The molecule has 0 bridgehead atoms. The minimum atomic E-state index is 0.682. The van der Waals surface area contributed by atoms with Gasteiger partial charge in [-0.2, -0.15) is 0 Å². The van der Waals surface area contributed by atoms with Crippen LogP contribution in [0, 0.1) is 5.92 Å². The molecule has 0 N–H and O–H groups in total. The first-order chi connectivity index (χ1) is 6.86. The number of fused-ring (bicyclic) bond motifs is 3. The fraction of sp³-hybridized carbons (Fsp3) is 0.583. The molecule has 0 saturated carbocycles. The summed E-state index contributed by atoms with van der Waals surface area (Å²) in [4.78, 5) is 6.72. The maximum Gasteiger partial charge on any atom is 0.0377 e. The first kappa shape index (κ1) is 8.42. The zero-order chi connectivity index (χ0) is 9.54. The van der Waals surface area contributed by atoms with Gasteiger partial charge in [0.05, 0.1) is 0 Å². The lowest BCUT2D eigenvalue weighted by molar-refractivity contribution is 0.257. The molecule has 2 heteroatoms. The molecule has 0 unspecified atom stereocenters. The number of aromatic nitrogens is 1. The molecule has 1 aliphatic carbocycles. The fourth-order valence-electron chi connectivity index (χ4n) is 3.10. The van der Waals surface area contributed by atoms with Crippen molar-refractivity contribution in [2.75, 3.05) is 13.6 Å². The van der Waals surface area contributed by atoms with E-state index in [1.54, 1.807) is 0 Å². The van der Waals surface area contributed by atoms with E-state index in [0.29, 0.717) is 6.04 Å². The van der Waals surface area contributed by atoms with Crippen LogP contribution in [-0.4, -0.2) is 23.5 Å². The van der Waals surface area contributed by atoms with Gasteiger partial charge in [-0.15, -0.1) is 0 Å². The Labute approximate surface area is 85.0 Å². The van der Waals surface area contributed by atoms with Crippen LogP contribution in [0.2, 0.25) is 0 Å². The third-order valence-electron chi connectivity index (χ3n) is 3.82. The van der Waals surface area contributed by atoms with E-state index in [2.05, 4.69) is 29.2 Å². The van der Waals surface area contributed by atoms with Crippen LogP contribution in [0.15, 0.2) is 18.5 Å². The maximum atomic E-state index is 4.22. The van der Waals surface area contributed by atoms with E-state index in [0.717, 1.165) is 5.92 Å². The number of nitrogens with zero attached hydrogens (tertiary/aromatic N) is 2. The summed E-state index contributed by atoms with van der Waals surface area (Å²) in [6.07, 6.45) is 7.96. The highest BCUT2D eigenvalue weighted by Gasteiger charge is 2.36. The van der Waals surface area contributed by atoms with Gasteiger partial charge < -0.3 is 0 Å². The van der Waals surface area contributed by atoms with E-state index in [1.807, 2.05) is 6.20 Å². The predicted octanol–water partition coefficient (Wildman–Crippen LogP) is 2.02. The molecule has 2 nitrogen and oxygen atoms in total. The summed E-state index contributed by atoms with van der Waals surface area (Å²) >= 11 is 0. The number of pyridine rings is 1. The van der Waals surface area contributed by atoms with Gasteiger partial charge in [0.1, 0.15) is 0 Å². The summed E-state index contributed by atoms with van der Waals surface area (Å²) in [6, 6.07) is 2.90. The fourth-order valence-corrected chi connectivity index (χ4v) is 3.10. The van der Waals surface area contributed by atoms with E-state index in [9.17, 15) is 0 Å². The van der Waals surface area contributed by atoms with Crippen molar-refractivity contribution in [3.8, 4) is 0 Å². The Morgan fingerprint density at radius 1 is 1.43 bits per heavy atom. The van der Waals surface area contributed by atoms with Crippen molar-refractivity contribution < 1.29 is 0 Å². The van der Waals surface area contributed by atoms with Crippen molar-refractivity contribution in [2.45, 2.75) is 25.3 Å². The van der Waals surface area contributed by atoms with Gasteiger partial charge in [-0.3, -0.25) is 9.88 Å². The highest BCUT2D eigenvalue weighted by atomic mass is 15.2. The van der Waals surface area contributed by atoms with Gasteiger partial charge in [-0.05, 0) is 56.0 Å². The highest BCUT2D eigenvalue weighted by Crippen LogP contribution is 2.43. The van der Waals surface area contributed by atoms with E-state index in [4.69, 9.17) is 0 Å². The number of hydrogen-bond donors (Lipinski definition) is 0. The molecule has 14 heavy (non-hydrogen) atoms. The predicted molar refractivity (Wildman–Crippen MR) is 56.0 cm³/mol.